The van der Waals surface area contributed by atoms with Crippen molar-refractivity contribution in [2.45, 2.75) is 25.3 Å². The molecule has 6 nitrogen and oxygen atoms in total. The summed E-state index contributed by atoms with van der Waals surface area (Å²) in [7, 11) is 0. The predicted octanol–water partition coefficient (Wildman–Crippen LogP) is 1.49. The van der Waals surface area contributed by atoms with Gasteiger partial charge in [0.05, 0.1) is 0 Å². The van der Waals surface area contributed by atoms with Gasteiger partial charge in [0.15, 0.2) is 5.82 Å². The van der Waals surface area contributed by atoms with Crippen LogP contribution in [0, 0.1) is 0 Å². The summed E-state index contributed by atoms with van der Waals surface area (Å²) < 4.78 is 1.70. The van der Waals surface area contributed by atoms with E-state index in [1.807, 2.05) is 12.1 Å². The molecule has 1 atom stereocenters. The second kappa shape index (κ2) is 4.38. The van der Waals surface area contributed by atoms with Crippen LogP contribution in [0.3, 0.4) is 0 Å². The Morgan fingerprint density at radius 2 is 2.11 bits per heavy atom. The van der Waals surface area contributed by atoms with Gasteiger partial charge in [-0.1, -0.05) is 0 Å². The molecule has 0 saturated heterocycles. The lowest BCUT2D eigenvalue weighted by Crippen LogP contribution is -2.22. The Balaban J connectivity index is 2.02. The molecule has 1 aromatic carbocycles. The number of nitrogens with zero attached hydrogens (tertiary/aromatic N) is 3. The number of anilines is 1. The number of nitrogens with two attached hydrogens (primary N) is 1. The summed E-state index contributed by atoms with van der Waals surface area (Å²) in [5.41, 5.74) is 7.16. The van der Waals surface area contributed by atoms with Gasteiger partial charge in [-0.3, -0.25) is 4.79 Å². The third kappa shape index (κ3) is 2.05. The molecule has 0 saturated carbocycles. The Labute approximate surface area is 109 Å². The van der Waals surface area contributed by atoms with Gasteiger partial charge in [-0.25, -0.2) is 9.67 Å². The normalized spacial score (nSPS) is 18.0. The van der Waals surface area contributed by atoms with Crippen molar-refractivity contribution in [3.05, 3.63) is 30.1 Å². The van der Waals surface area contributed by atoms with Crippen molar-refractivity contribution in [2.75, 3.05) is 5.73 Å². The fourth-order valence-electron chi connectivity index (χ4n) is 2.34. The third-order valence-corrected chi connectivity index (χ3v) is 3.34. The highest BCUT2D eigenvalue weighted by Crippen LogP contribution is 2.28. The average Bonchev–Trinajstić information content (AvgIpc) is 2.82. The maximum Gasteiger partial charge on any atom is 0.314 e. The first-order valence-electron chi connectivity index (χ1n) is 6.18. The molecule has 2 heterocycles. The first kappa shape index (κ1) is 11.7. The molecule has 1 unspecified atom stereocenters. The van der Waals surface area contributed by atoms with Crippen LogP contribution in [0.15, 0.2) is 24.3 Å². The van der Waals surface area contributed by atoms with Gasteiger partial charge >= 0.3 is 5.97 Å². The molecule has 1 aliphatic rings. The topological polar surface area (TPSA) is 94.0 Å². The molecule has 2 aromatic rings. The highest BCUT2D eigenvalue weighted by Gasteiger charge is 2.29. The standard InChI is InChI=1S/C13H14N4O2/c14-9-5-3-8(4-6-9)11-15-12-10(13(18)19)2-1-7-17(12)16-11/h3-6,10H,1-2,7,14H2,(H,18,19). The molecular weight excluding hydrogens is 244 g/mol. The zero-order chi connectivity index (χ0) is 13.4. The van der Waals surface area contributed by atoms with Gasteiger partial charge in [-0.05, 0) is 37.1 Å². The summed E-state index contributed by atoms with van der Waals surface area (Å²) in [6, 6.07) is 7.24. The highest BCUT2D eigenvalue weighted by atomic mass is 16.4. The number of hydrogen-bond donors (Lipinski definition) is 2. The van der Waals surface area contributed by atoms with Crippen LogP contribution < -0.4 is 5.73 Å². The van der Waals surface area contributed by atoms with Gasteiger partial charge in [0, 0.05) is 17.8 Å². The van der Waals surface area contributed by atoms with Crippen molar-refractivity contribution < 1.29 is 9.90 Å². The maximum absolute atomic E-state index is 11.2. The largest absolute Gasteiger partial charge is 0.481 e. The third-order valence-electron chi connectivity index (χ3n) is 3.34. The zero-order valence-electron chi connectivity index (χ0n) is 10.3. The van der Waals surface area contributed by atoms with Crippen LogP contribution >= 0.6 is 0 Å². The lowest BCUT2D eigenvalue weighted by Gasteiger charge is -2.17. The quantitative estimate of drug-likeness (QED) is 0.796. The SMILES string of the molecule is Nc1ccc(-c2nc3n(n2)CCCC3C(=O)O)cc1. The molecule has 19 heavy (non-hydrogen) atoms. The Morgan fingerprint density at radius 3 is 2.79 bits per heavy atom. The molecule has 0 radical (unpaired) electrons. The van der Waals surface area contributed by atoms with E-state index in [2.05, 4.69) is 10.1 Å². The van der Waals surface area contributed by atoms with Gasteiger partial charge in [-0.2, -0.15) is 5.10 Å². The zero-order valence-corrected chi connectivity index (χ0v) is 10.3. The fraction of sp³-hybridized carbons (Fsp3) is 0.308. The Hall–Kier alpha value is -2.37. The number of hydrogen-bond acceptors (Lipinski definition) is 4. The number of aromatic nitrogens is 3. The van der Waals surface area contributed by atoms with Crippen LogP contribution in [0.25, 0.3) is 11.4 Å². The Bertz CT molecular complexity index is 618. The number of aliphatic carboxylic acids is 1. The van der Waals surface area contributed by atoms with E-state index < -0.39 is 11.9 Å². The minimum Gasteiger partial charge on any atom is -0.481 e. The highest BCUT2D eigenvalue weighted by molar-refractivity contribution is 5.75. The second-order valence-corrected chi connectivity index (χ2v) is 4.67. The van der Waals surface area contributed by atoms with Crippen molar-refractivity contribution >= 4 is 11.7 Å². The number of aryl methyl sites for hydroxylation is 1. The van der Waals surface area contributed by atoms with Gasteiger partial charge < -0.3 is 10.8 Å². The Morgan fingerprint density at radius 1 is 1.37 bits per heavy atom. The fourth-order valence-corrected chi connectivity index (χ4v) is 2.34. The molecule has 0 amide bonds. The van der Waals surface area contributed by atoms with E-state index in [1.54, 1.807) is 16.8 Å². The smallest absolute Gasteiger partial charge is 0.314 e. The summed E-state index contributed by atoms with van der Waals surface area (Å²) in [5.74, 6) is -0.283. The molecule has 1 aromatic heterocycles. The van der Waals surface area contributed by atoms with E-state index in [-0.39, 0.29) is 0 Å². The van der Waals surface area contributed by atoms with Crippen LogP contribution in [0.4, 0.5) is 5.69 Å². The van der Waals surface area contributed by atoms with E-state index >= 15 is 0 Å². The summed E-state index contributed by atoms with van der Waals surface area (Å²) in [5, 5.41) is 13.6. The molecule has 98 valence electrons. The average molecular weight is 258 g/mol. The maximum atomic E-state index is 11.2. The lowest BCUT2D eigenvalue weighted by molar-refractivity contribution is -0.139. The van der Waals surface area contributed by atoms with Crippen LogP contribution in [0.1, 0.15) is 24.6 Å². The summed E-state index contributed by atoms with van der Waals surface area (Å²) in [6.45, 7) is 0.723. The molecular formula is C13H14N4O2. The number of carbonyl (C=O) groups is 1. The molecule has 3 N–H and O–H groups in total. The number of nitrogen functional groups attached to an aromatic ring is 1. The molecule has 0 bridgehead atoms. The van der Waals surface area contributed by atoms with Crippen molar-refractivity contribution in [3.8, 4) is 11.4 Å². The molecule has 0 fully saturated rings. The van der Waals surface area contributed by atoms with Crippen molar-refractivity contribution in [3.63, 3.8) is 0 Å². The number of carboxylic acid groups (broad SMARTS) is 1. The summed E-state index contributed by atoms with van der Waals surface area (Å²) in [4.78, 5) is 15.6. The van der Waals surface area contributed by atoms with Gasteiger partial charge in [-0.15, -0.1) is 0 Å². The number of fused-ring (bicyclic) bond motifs is 1. The van der Waals surface area contributed by atoms with Gasteiger partial charge in [0.2, 0.25) is 0 Å². The lowest BCUT2D eigenvalue weighted by atomic mass is 10.00. The van der Waals surface area contributed by atoms with E-state index in [1.165, 1.54) is 0 Å². The molecule has 0 aliphatic carbocycles. The van der Waals surface area contributed by atoms with Gasteiger partial charge in [0.25, 0.3) is 0 Å². The summed E-state index contributed by atoms with van der Waals surface area (Å²) >= 11 is 0. The molecule has 3 rings (SSSR count). The monoisotopic (exact) mass is 258 g/mol. The number of carboxylic acids is 1. The molecule has 1 aliphatic heterocycles. The van der Waals surface area contributed by atoms with E-state index in [4.69, 9.17) is 5.73 Å². The van der Waals surface area contributed by atoms with E-state index in [0.29, 0.717) is 23.8 Å². The van der Waals surface area contributed by atoms with Crippen LogP contribution in [-0.2, 0) is 11.3 Å². The first-order chi connectivity index (χ1) is 9.15. The minimum absolute atomic E-state index is 0.547. The molecule has 0 spiro atoms. The van der Waals surface area contributed by atoms with Gasteiger partial charge in [0.1, 0.15) is 11.7 Å². The minimum atomic E-state index is -0.836. The molecule has 6 heteroatoms. The summed E-state index contributed by atoms with van der Waals surface area (Å²) in [6.07, 6.45) is 1.43. The number of rotatable bonds is 2. The van der Waals surface area contributed by atoms with Crippen molar-refractivity contribution in [1.29, 1.82) is 0 Å². The van der Waals surface area contributed by atoms with E-state index in [9.17, 15) is 9.90 Å². The number of benzene rings is 1. The second-order valence-electron chi connectivity index (χ2n) is 4.67. The van der Waals surface area contributed by atoms with Crippen molar-refractivity contribution in [1.82, 2.24) is 14.8 Å². The first-order valence-corrected chi connectivity index (χ1v) is 6.18. The Kier molecular flexibility index (Phi) is 2.70. The van der Waals surface area contributed by atoms with E-state index in [0.717, 1.165) is 18.5 Å². The van der Waals surface area contributed by atoms with Crippen molar-refractivity contribution in [2.24, 2.45) is 0 Å². The predicted molar refractivity (Wildman–Crippen MR) is 69.5 cm³/mol. The van der Waals surface area contributed by atoms with Crippen LogP contribution in [-0.4, -0.2) is 25.8 Å². The van der Waals surface area contributed by atoms with Crippen LogP contribution in [0.5, 0.6) is 0 Å². The van der Waals surface area contributed by atoms with Crippen LogP contribution in [0.2, 0.25) is 0 Å².